The highest BCUT2D eigenvalue weighted by molar-refractivity contribution is 5.95. The van der Waals surface area contributed by atoms with Crippen molar-refractivity contribution in [3.05, 3.63) is 29.6 Å². The molecule has 0 unspecified atom stereocenters. The summed E-state index contributed by atoms with van der Waals surface area (Å²) in [5.74, 6) is -0.220. The summed E-state index contributed by atoms with van der Waals surface area (Å²) in [5, 5.41) is 12.8. The standard InChI is InChI=1S/C13H20N2O2/c1-9-10(7-6-8-14-9)11(16)15-12(2,3)13(4,5)17/h6-8,17H,1-5H3,(H,15,16). The third-order valence-corrected chi connectivity index (χ3v) is 3.21. The van der Waals surface area contributed by atoms with Gasteiger partial charge in [0.15, 0.2) is 0 Å². The molecule has 4 nitrogen and oxygen atoms in total. The van der Waals surface area contributed by atoms with Gasteiger partial charge in [-0.1, -0.05) is 0 Å². The van der Waals surface area contributed by atoms with E-state index in [-0.39, 0.29) is 5.91 Å². The molecule has 0 aromatic carbocycles. The van der Waals surface area contributed by atoms with Crippen LogP contribution in [0.1, 0.15) is 43.7 Å². The molecule has 0 saturated carbocycles. The number of hydrogen-bond acceptors (Lipinski definition) is 3. The summed E-state index contributed by atoms with van der Waals surface area (Å²) >= 11 is 0. The summed E-state index contributed by atoms with van der Waals surface area (Å²) in [6, 6.07) is 3.44. The van der Waals surface area contributed by atoms with Gasteiger partial charge in [-0.05, 0) is 46.8 Å². The number of hydrogen-bond donors (Lipinski definition) is 2. The van der Waals surface area contributed by atoms with E-state index in [0.717, 1.165) is 0 Å². The van der Waals surface area contributed by atoms with Gasteiger partial charge in [0, 0.05) is 11.9 Å². The zero-order valence-corrected chi connectivity index (χ0v) is 11.0. The topological polar surface area (TPSA) is 62.2 Å². The highest BCUT2D eigenvalue weighted by Crippen LogP contribution is 2.21. The van der Waals surface area contributed by atoms with Crippen LogP contribution in [0, 0.1) is 6.92 Å². The second-order valence-corrected chi connectivity index (χ2v) is 5.27. The molecule has 0 bridgehead atoms. The summed E-state index contributed by atoms with van der Waals surface area (Å²) in [6.07, 6.45) is 1.65. The van der Waals surface area contributed by atoms with Gasteiger partial charge in [-0.25, -0.2) is 0 Å². The number of carbonyl (C=O) groups excluding carboxylic acids is 1. The van der Waals surface area contributed by atoms with E-state index in [4.69, 9.17) is 0 Å². The number of amides is 1. The molecule has 0 saturated heterocycles. The molecule has 94 valence electrons. The zero-order valence-electron chi connectivity index (χ0n) is 11.0. The van der Waals surface area contributed by atoms with Crippen molar-refractivity contribution in [1.29, 1.82) is 0 Å². The van der Waals surface area contributed by atoms with Crippen LogP contribution in [0.5, 0.6) is 0 Å². The van der Waals surface area contributed by atoms with Crippen LogP contribution in [0.2, 0.25) is 0 Å². The molecule has 1 amide bonds. The molecule has 0 aliphatic heterocycles. The molecule has 0 fully saturated rings. The molecule has 0 radical (unpaired) electrons. The van der Waals surface area contributed by atoms with Crippen LogP contribution in [0.3, 0.4) is 0 Å². The van der Waals surface area contributed by atoms with Crippen LogP contribution in [0.15, 0.2) is 18.3 Å². The van der Waals surface area contributed by atoms with Gasteiger partial charge in [0.05, 0.1) is 16.7 Å². The monoisotopic (exact) mass is 236 g/mol. The molecule has 4 heteroatoms. The Morgan fingerprint density at radius 1 is 1.35 bits per heavy atom. The van der Waals surface area contributed by atoms with Crippen molar-refractivity contribution in [3.8, 4) is 0 Å². The quantitative estimate of drug-likeness (QED) is 0.839. The second kappa shape index (κ2) is 4.45. The number of pyridine rings is 1. The lowest BCUT2D eigenvalue weighted by Crippen LogP contribution is -2.57. The molecule has 17 heavy (non-hydrogen) atoms. The molecule has 1 aromatic rings. The molecule has 1 aromatic heterocycles. The lowest BCUT2D eigenvalue weighted by atomic mass is 9.85. The van der Waals surface area contributed by atoms with E-state index in [1.807, 2.05) is 0 Å². The Bertz CT molecular complexity index is 420. The molecule has 0 aliphatic rings. The van der Waals surface area contributed by atoms with E-state index in [2.05, 4.69) is 10.3 Å². The largest absolute Gasteiger partial charge is 0.388 e. The van der Waals surface area contributed by atoms with Crippen molar-refractivity contribution < 1.29 is 9.90 Å². The van der Waals surface area contributed by atoms with Gasteiger partial charge in [-0.15, -0.1) is 0 Å². The fraction of sp³-hybridized carbons (Fsp3) is 0.538. The molecule has 1 heterocycles. The first kappa shape index (κ1) is 13.6. The number of rotatable bonds is 3. The van der Waals surface area contributed by atoms with E-state index in [1.54, 1.807) is 52.9 Å². The van der Waals surface area contributed by atoms with Crippen molar-refractivity contribution in [2.45, 2.75) is 45.8 Å². The fourth-order valence-corrected chi connectivity index (χ4v) is 1.23. The van der Waals surface area contributed by atoms with Crippen molar-refractivity contribution >= 4 is 5.91 Å². The maximum absolute atomic E-state index is 12.1. The maximum atomic E-state index is 12.1. The van der Waals surface area contributed by atoms with Gasteiger partial charge in [0.1, 0.15) is 0 Å². The number of aliphatic hydroxyl groups is 1. The van der Waals surface area contributed by atoms with Gasteiger partial charge in [-0.3, -0.25) is 9.78 Å². The molecule has 2 N–H and O–H groups in total. The molecular formula is C13H20N2O2. The van der Waals surface area contributed by atoms with Crippen LogP contribution >= 0.6 is 0 Å². The van der Waals surface area contributed by atoms with Crippen molar-refractivity contribution in [1.82, 2.24) is 10.3 Å². The van der Waals surface area contributed by atoms with Gasteiger partial charge in [0.2, 0.25) is 0 Å². The third-order valence-electron chi connectivity index (χ3n) is 3.21. The van der Waals surface area contributed by atoms with Crippen LogP contribution in [-0.4, -0.2) is 27.1 Å². The first-order chi connectivity index (χ1) is 7.65. The summed E-state index contributed by atoms with van der Waals surface area (Å²) < 4.78 is 0. The summed E-state index contributed by atoms with van der Waals surface area (Å²) in [5.41, 5.74) is -0.508. The highest BCUT2D eigenvalue weighted by atomic mass is 16.3. The Morgan fingerprint density at radius 3 is 2.41 bits per heavy atom. The number of aryl methyl sites for hydroxylation is 1. The smallest absolute Gasteiger partial charge is 0.253 e. The van der Waals surface area contributed by atoms with Crippen LogP contribution in [0.4, 0.5) is 0 Å². The minimum absolute atomic E-state index is 0.220. The van der Waals surface area contributed by atoms with Crippen LogP contribution in [0.25, 0.3) is 0 Å². The first-order valence-corrected chi connectivity index (χ1v) is 5.61. The van der Waals surface area contributed by atoms with Gasteiger partial charge in [0.25, 0.3) is 5.91 Å². The number of carbonyl (C=O) groups is 1. The summed E-state index contributed by atoms with van der Waals surface area (Å²) in [4.78, 5) is 16.1. The number of nitrogens with zero attached hydrogens (tertiary/aromatic N) is 1. The average Bonchev–Trinajstić information content (AvgIpc) is 2.15. The third kappa shape index (κ3) is 3.03. The van der Waals surface area contributed by atoms with Crippen molar-refractivity contribution in [2.75, 3.05) is 0 Å². The molecule has 0 spiro atoms. The maximum Gasteiger partial charge on any atom is 0.253 e. The minimum Gasteiger partial charge on any atom is -0.388 e. The Kier molecular flexibility index (Phi) is 3.57. The molecule has 0 aliphatic carbocycles. The van der Waals surface area contributed by atoms with E-state index in [9.17, 15) is 9.90 Å². The van der Waals surface area contributed by atoms with E-state index < -0.39 is 11.1 Å². The van der Waals surface area contributed by atoms with Crippen LogP contribution < -0.4 is 5.32 Å². The van der Waals surface area contributed by atoms with Gasteiger partial charge < -0.3 is 10.4 Å². The van der Waals surface area contributed by atoms with Crippen LogP contribution in [-0.2, 0) is 0 Å². The van der Waals surface area contributed by atoms with E-state index >= 15 is 0 Å². The SMILES string of the molecule is Cc1ncccc1C(=O)NC(C)(C)C(C)(C)O. The Labute approximate surface area is 102 Å². The zero-order chi connectivity index (χ0) is 13.3. The summed E-state index contributed by atoms with van der Waals surface area (Å²) in [6.45, 7) is 8.70. The van der Waals surface area contributed by atoms with Crippen molar-refractivity contribution in [2.24, 2.45) is 0 Å². The average molecular weight is 236 g/mol. The second-order valence-electron chi connectivity index (χ2n) is 5.27. The minimum atomic E-state index is -1.00. The van der Waals surface area contributed by atoms with Gasteiger partial charge in [-0.2, -0.15) is 0 Å². The Hall–Kier alpha value is -1.42. The summed E-state index contributed by atoms with van der Waals surface area (Å²) in [7, 11) is 0. The molecule has 1 rings (SSSR count). The van der Waals surface area contributed by atoms with Gasteiger partial charge >= 0.3 is 0 Å². The predicted molar refractivity (Wildman–Crippen MR) is 66.8 cm³/mol. The number of nitrogens with one attached hydrogen (secondary N) is 1. The Balaban J connectivity index is 2.92. The highest BCUT2D eigenvalue weighted by Gasteiger charge is 2.36. The normalized spacial score (nSPS) is 12.4. The molecular weight excluding hydrogens is 216 g/mol. The van der Waals surface area contributed by atoms with E-state index in [1.165, 1.54) is 0 Å². The van der Waals surface area contributed by atoms with Crippen molar-refractivity contribution in [3.63, 3.8) is 0 Å². The Morgan fingerprint density at radius 2 is 1.94 bits per heavy atom. The number of aromatic nitrogens is 1. The fourth-order valence-electron chi connectivity index (χ4n) is 1.23. The lowest BCUT2D eigenvalue weighted by molar-refractivity contribution is -0.00295. The predicted octanol–water partition coefficient (Wildman–Crippen LogP) is 1.67. The van der Waals surface area contributed by atoms with E-state index in [0.29, 0.717) is 11.3 Å². The lowest BCUT2D eigenvalue weighted by Gasteiger charge is -2.38. The molecule has 0 atom stereocenters. The first-order valence-electron chi connectivity index (χ1n) is 5.61.